The molecular weight excluding hydrogens is 266 g/mol. The van der Waals surface area contributed by atoms with Gasteiger partial charge in [0, 0.05) is 0 Å². The molecule has 19 heavy (non-hydrogen) atoms. The molecule has 1 aromatic rings. The highest BCUT2D eigenvalue weighted by molar-refractivity contribution is 7.89. The molecule has 0 unspecified atom stereocenters. The Labute approximate surface area is 114 Å². The van der Waals surface area contributed by atoms with Crippen LogP contribution in [0.5, 0.6) is 0 Å². The van der Waals surface area contributed by atoms with Crippen LogP contribution in [0.25, 0.3) is 0 Å². The van der Waals surface area contributed by atoms with Crippen LogP contribution in [0.4, 0.5) is 0 Å². The van der Waals surface area contributed by atoms with E-state index in [1.54, 1.807) is 19.1 Å². The summed E-state index contributed by atoms with van der Waals surface area (Å²) < 4.78 is 31.5. The minimum atomic E-state index is -3.75. The fourth-order valence-corrected chi connectivity index (χ4v) is 2.83. The predicted octanol–water partition coefficient (Wildman–Crippen LogP) is 1.62. The van der Waals surface area contributed by atoms with E-state index in [9.17, 15) is 13.2 Å². The Morgan fingerprint density at radius 3 is 2.26 bits per heavy atom. The normalized spacial score (nSPS) is 12.2. The minimum Gasteiger partial charge on any atom is -0.465 e. The van der Waals surface area contributed by atoms with Gasteiger partial charge in [-0.2, -0.15) is 4.72 Å². The number of sulfonamides is 1. The molecule has 0 aromatic heterocycles. The first kappa shape index (κ1) is 15.7. The summed E-state index contributed by atoms with van der Waals surface area (Å²) in [6.45, 7) is 6.68. The predicted molar refractivity (Wildman–Crippen MR) is 72.2 cm³/mol. The van der Waals surface area contributed by atoms with Gasteiger partial charge < -0.3 is 4.74 Å². The summed E-state index contributed by atoms with van der Waals surface area (Å²) in [5.74, 6) is -0.606. The van der Waals surface area contributed by atoms with Crippen LogP contribution in [0.2, 0.25) is 0 Å². The van der Waals surface area contributed by atoms with Crippen molar-refractivity contribution in [1.29, 1.82) is 0 Å². The Balaban J connectivity index is 2.96. The standard InChI is InChI=1S/C13H19NO4S/c1-5-18-12(15)13(3,4)14-19(16,17)11-8-6-10(2)7-9-11/h6-9,14H,5H2,1-4H3. The third-order valence-electron chi connectivity index (χ3n) is 2.51. The number of aryl methyl sites for hydroxylation is 1. The van der Waals surface area contributed by atoms with Gasteiger partial charge in [-0.3, -0.25) is 4.79 Å². The summed E-state index contributed by atoms with van der Waals surface area (Å²) in [6.07, 6.45) is 0. The number of carbonyl (C=O) groups is 1. The Bertz CT molecular complexity index is 547. The lowest BCUT2D eigenvalue weighted by atomic mass is 10.1. The number of hydrogen-bond donors (Lipinski definition) is 1. The topological polar surface area (TPSA) is 72.5 Å². The lowest BCUT2D eigenvalue weighted by molar-refractivity contribution is -0.148. The molecule has 0 amide bonds. The molecule has 0 radical (unpaired) electrons. The van der Waals surface area contributed by atoms with Crippen LogP contribution < -0.4 is 4.72 Å². The molecular formula is C13H19NO4S. The molecule has 0 atom stereocenters. The highest BCUT2D eigenvalue weighted by atomic mass is 32.2. The van der Waals surface area contributed by atoms with Gasteiger partial charge in [0.1, 0.15) is 5.54 Å². The zero-order valence-corrected chi connectivity index (χ0v) is 12.4. The van der Waals surface area contributed by atoms with Gasteiger partial charge in [0.25, 0.3) is 0 Å². The van der Waals surface area contributed by atoms with Gasteiger partial charge in [0.15, 0.2) is 0 Å². The average Bonchev–Trinajstić information content (AvgIpc) is 2.28. The van der Waals surface area contributed by atoms with E-state index in [-0.39, 0.29) is 11.5 Å². The minimum absolute atomic E-state index is 0.121. The lowest BCUT2D eigenvalue weighted by Gasteiger charge is -2.23. The SMILES string of the molecule is CCOC(=O)C(C)(C)NS(=O)(=O)c1ccc(C)cc1. The van der Waals surface area contributed by atoms with E-state index in [1.807, 2.05) is 6.92 Å². The highest BCUT2D eigenvalue weighted by Crippen LogP contribution is 2.15. The van der Waals surface area contributed by atoms with Gasteiger partial charge in [-0.15, -0.1) is 0 Å². The van der Waals surface area contributed by atoms with Crippen molar-refractivity contribution < 1.29 is 17.9 Å². The van der Waals surface area contributed by atoms with Crippen LogP contribution in [0, 0.1) is 6.92 Å². The summed E-state index contributed by atoms with van der Waals surface area (Å²) in [4.78, 5) is 11.8. The molecule has 0 fully saturated rings. The molecule has 0 aliphatic rings. The Morgan fingerprint density at radius 2 is 1.79 bits per heavy atom. The van der Waals surface area contributed by atoms with E-state index >= 15 is 0 Å². The molecule has 0 saturated carbocycles. The second kappa shape index (κ2) is 5.71. The van der Waals surface area contributed by atoms with E-state index < -0.39 is 21.5 Å². The highest BCUT2D eigenvalue weighted by Gasteiger charge is 2.34. The van der Waals surface area contributed by atoms with Gasteiger partial charge in [0.05, 0.1) is 11.5 Å². The smallest absolute Gasteiger partial charge is 0.326 e. The van der Waals surface area contributed by atoms with E-state index in [0.717, 1.165) is 5.56 Å². The van der Waals surface area contributed by atoms with E-state index in [1.165, 1.54) is 26.0 Å². The zero-order valence-electron chi connectivity index (χ0n) is 11.6. The molecule has 1 aromatic carbocycles. The molecule has 1 N–H and O–H groups in total. The van der Waals surface area contributed by atoms with Crippen molar-refractivity contribution in [3.05, 3.63) is 29.8 Å². The Kier molecular flexibility index (Phi) is 4.70. The molecule has 6 heteroatoms. The molecule has 106 valence electrons. The van der Waals surface area contributed by atoms with E-state index in [2.05, 4.69) is 4.72 Å². The number of benzene rings is 1. The summed E-state index contributed by atoms with van der Waals surface area (Å²) in [5.41, 5.74) is -0.344. The molecule has 0 aliphatic carbocycles. The molecule has 1 rings (SSSR count). The van der Waals surface area contributed by atoms with Crippen molar-refractivity contribution >= 4 is 16.0 Å². The number of ether oxygens (including phenoxy) is 1. The van der Waals surface area contributed by atoms with Gasteiger partial charge in [-0.1, -0.05) is 17.7 Å². The summed E-state index contributed by atoms with van der Waals surface area (Å²) >= 11 is 0. The van der Waals surface area contributed by atoms with E-state index in [0.29, 0.717) is 0 Å². The number of esters is 1. The van der Waals surface area contributed by atoms with Crippen LogP contribution in [0.1, 0.15) is 26.3 Å². The Morgan fingerprint density at radius 1 is 1.26 bits per heavy atom. The van der Waals surface area contributed by atoms with Crippen LogP contribution in [0.3, 0.4) is 0 Å². The summed E-state index contributed by atoms with van der Waals surface area (Å²) in [7, 11) is -3.75. The third-order valence-corrected chi connectivity index (χ3v) is 4.18. The van der Waals surface area contributed by atoms with Gasteiger partial charge in [-0.25, -0.2) is 8.42 Å². The number of rotatable bonds is 5. The molecule has 0 aliphatic heterocycles. The molecule has 0 saturated heterocycles. The largest absolute Gasteiger partial charge is 0.465 e. The van der Waals surface area contributed by atoms with Crippen LogP contribution >= 0.6 is 0 Å². The summed E-state index contributed by atoms with van der Waals surface area (Å²) in [6, 6.07) is 6.40. The fraction of sp³-hybridized carbons (Fsp3) is 0.462. The fourth-order valence-electron chi connectivity index (χ4n) is 1.47. The molecule has 0 heterocycles. The second-order valence-electron chi connectivity index (χ2n) is 4.76. The van der Waals surface area contributed by atoms with Crippen molar-refractivity contribution in [2.45, 2.75) is 38.1 Å². The maximum absolute atomic E-state index is 12.1. The first-order valence-electron chi connectivity index (χ1n) is 5.97. The molecule has 0 spiro atoms. The number of hydrogen-bond acceptors (Lipinski definition) is 4. The average molecular weight is 285 g/mol. The van der Waals surface area contributed by atoms with Gasteiger partial charge in [0.2, 0.25) is 10.0 Å². The Hall–Kier alpha value is -1.40. The van der Waals surface area contributed by atoms with Crippen molar-refractivity contribution in [2.75, 3.05) is 6.61 Å². The maximum Gasteiger partial charge on any atom is 0.326 e. The number of nitrogens with one attached hydrogen (secondary N) is 1. The molecule has 5 nitrogen and oxygen atoms in total. The van der Waals surface area contributed by atoms with Crippen molar-refractivity contribution in [2.24, 2.45) is 0 Å². The zero-order chi connectivity index (χ0) is 14.7. The van der Waals surface area contributed by atoms with Gasteiger partial charge >= 0.3 is 5.97 Å². The first-order chi connectivity index (χ1) is 8.69. The van der Waals surface area contributed by atoms with Crippen LogP contribution in [0.15, 0.2) is 29.2 Å². The van der Waals surface area contributed by atoms with Crippen molar-refractivity contribution in [3.8, 4) is 0 Å². The maximum atomic E-state index is 12.1. The van der Waals surface area contributed by atoms with Gasteiger partial charge in [-0.05, 0) is 39.8 Å². The molecule has 0 bridgehead atoms. The van der Waals surface area contributed by atoms with Crippen LogP contribution in [-0.2, 0) is 19.6 Å². The quantitative estimate of drug-likeness (QED) is 0.834. The third kappa shape index (κ3) is 4.04. The number of carbonyl (C=O) groups excluding carboxylic acids is 1. The van der Waals surface area contributed by atoms with Crippen molar-refractivity contribution in [3.63, 3.8) is 0 Å². The lowest BCUT2D eigenvalue weighted by Crippen LogP contribution is -2.50. The summed E-state index contributed by atoms with van der Waals surface area (Å²) in [5, 5.41) is 0. The van der Waals surface area contributed by atoms with Crippen LogP contribution in [-0.4, -0.2) is 26.5 Å². The second-order valence-corrected chi connectivity index (χ2v) is 6.45. The first-order valence-corrected chi connectivity index (χ1v) is 7.45. The van der Waals surface area contributed by atoms with Crippen molar-refractivity contribution in [1.82, 2.24) is 4.72 Å². The van der Waals surface area contributed by atoms with E-state index in [4.69, 9.17) is 4.74 Å². The monoisotopic (exact) mass is 285 g/mol.